The highest BCUT2D eigenvalue weighted by atomic mass is 32.1. The van der Waals surface area contributed by atoms with E-state index in [1.54, 1.807) is 33.9 Å². The van der Waals surface area contributed by atoms with Gasteiger partial charge in [0.15, 0.2) is 0 Å². The number of aryl methyl sites for hydroxylation is 1. The molecule has 3 aromatic heterocycles. The van der Waals surface area contributed by atoms with Crippen LogP contribution < -0.4 is 5.32 Å². The largest absolute Gasteiger partial charge is 0.310 e. The highest BCUT2D eigenvalue weighted by Gasteiger charge is 2.35. The maximum Gasteiger partial charge on any atom is 0.257 e. The molecule has 2 amide bonds. The SMILES string of the molecule is Cc1ccnc(NC(=O)C2CCN(CC(=O)N3N=C(c4cccs4)CC3c3cccs3)CC2)c1. The molecule has 5 rings (SSSR count). The molecule has 0 radical (unpaired) electrons. The number of aromatic nitrogens is 1. The van der Waals surface area contributed by atoms with Crippen molar-refractivity contribution in [3.63, 3.8) is 0 Å². The molecule has 1 fully saturated rings. The number of rotatable bonds is 6. The molecule has 5 heterocycles. The Hall–Kier alpha value is -2.88. The lowest BCUT2D eigenvalue weighted by atomic mass is 9.96. The summed E-state index contributed by atoms with van der Waals surface area (Å²) in [6.45, 7) is 3.72. The third-order valence-corrected chi connectivity index (χ3v) is 8.22. The highest BCUT2D eigenvalue weighted by Crippen LogP contribution is 2.36. The van der Waals surface area contributed by atoms with Gasteiger partial charge in [-0.05, 0) is 73.4 Å². The van der Waals surface area contributed by atoms with Gasteiger partial charge in [-0.1, -0.05) is 12.1 Å². The van der Waals surface area contributed by atoms with Crippen molar-refractivity contribution in [2.24, 2.45) is 11.0 Å². The van der Waals surface area contributed by atoms with Crippen molar-refractivity contribution in [1.82, 2.24) is 14.9 Å². The first-order valence-electron chi connectivity index (χ1n) is 11.5. The number of hydrogen-bond acceptors (Lipinski definition) is 7. The van der Waals surface area contributed by atoms with Crippen LogP contribution in [0.1, 0.15) is 40.6 Å². The van der Waals surface area contributed by atoms with Gasteiger partial charge in [-0.25, -0.2) is 9.99 Å². The van der Waals surface area contributed by atoms with Gasteiger partial charge in [-0.2, -0.15) is 5.10 Å². The van der Waals surface area contributed by atoms with Gasteiger partial charge in [0, 0.05) is 23.4 Å². The number of anilines is 1. The molecule has 2 aliphatic heterocycles. The fraction of sp³-hybridized carbons (Fsp3) is 0.360. The van der Waals surface area contributed by atoms with Crippen LogP contribution in [0.15, 0.2) is 58.5 Å². The fourth-order valence-corrected chi connectivity index (χ4v) is 6.02. The molecular formula is C25H27N5O2S2. The van der Waals surface area contributed by atoms with Crippen molar-refractivity contribution in [2.45, 2.75) is 32.2 Å². The number of hydrazone groups is 1. The van der Waals surface area contributed by atoms with Gasteiger partial charge in [0.2, 0.25) is 5.91 Å². The van der Waals surface area contributed by atoms with Crippen molar-refractivity contribution < 1.29 is 9.59 Å². The second-order valence-electron chi connectivity index (χ2n) is 8.76. The van der Waals surface area contributed by atoms with Crippen LogP contribution in [0.3, 0.4) is 0 Å². The molecule has 0 spiro atoms. The molecule has 9 heteroatoms. The van der Waals surface area contributed by atoms with E-state index in [0.717, 1.165) is 40.3 Å². The molecule has 1 N–H and O–H groups in total. The minimum Gasteiger partial charge on any atom is -0.310 e. The van der Waals surface area contributed by atoms with E-state index in [1.807, 2.05) is 41.9 Å². The van der Waals surface area contributed by atoms with Gasteiger partial charge in [-0.3, -0.25) is 14.5 Å². The van der Waals surface area contributed by atoms with E-state index in [4.69, 9.17) is 5.10 Å². The monoisotopic (exact) mass is 493 g/mol. The standard InChI is InChI=1S/C25H27N5O2S2/c1-17-6-9-26-23(14-17)27-25(32)18-7-10-29(11-8-18)16-24(31)30-20(22-5-3-13-34-22)15-19(28-30)21-4-2-12-33-21/h2-6,9,12-14,18,20H,7-8,10-11,15-16H2,1H3,(H,26,27,32). The van der Waals surface area contributed by atoms with Gasteiger partial charge < -0.3 is 5.32 Å². The zero-order valence-electron chi connectivity index (χ0n) is 19.0. The molecule has 1 unspecified atom stereocenters. The smallest absolute Gasteiger partial charge is 0.257 e. The molecule has 1 atom stereocenters. The zero-order chi connectivity index (χ0) is 23.5. The van der Waals surface area contributed by atoms with Crippen molar-refractivity contribution >= 4 is 46.0 Å². The third-order valence-electron chi connectivity index (χ3n) is 6.33. The van der Waals surface area contributed by atoms with Crippen LogP contribution in [0, 0.1) is 12.8 Å². The van der Waals surface area contributed by atoms with Crippen LogP contribution in [-0.2, 0) is 9.59 Å². The number of carbonyl (C=O) groups excluding carboxylic acids is 2. The Morgan fingerprint density at radius 2 is 1.91 bits per heavy atom. The number of nitrogens with zero attached hydrogens (tertiary/aromatic N) is 4. The Morgan fingerprint density at radius 3 is 2.62 bits per heavy atom. The van der Waals surface area contributed by atoms with Crippen molar-refractivity contribution in [1.29, 1.82) is 0 Å². The van der Waals surface area contributed by atoms with Crippen LogP contribution >= 0.6 is 22.7 Å². The predicted octanol–water partition coefficient (Wildman–Crippen LogP) is 4.54. The summed E-state index contributed by atoms with van der Waals surface area (Å²) in [6, 6.07) is 11.9. The van der Waals surface area contributed by atoms with Gasteiger partial charge in [-0.15, -0.1) is 22.7 Å². The Morgan fingerprint density at radius 1 is 1.12 bits per heavy atom. The van der Waals surface area contributed by atoms with E-state index in [-0.39, 0.29) is 23.8 Å². The Labute approximate surface area is 207 Å². The van der Waals surface area contributed by atoms with Crippen molar-refractivity contribution in [3.8, 4) is 0 Å². The minimum atomic E-state index is -0.0669. The first-order valence-corrected chi connectivity index (χ1v) is 13.3. The number of thiophene rings is 2. The number of piperidine rings is 1. The average molecular weight is 494 g/mol. The molecule has 7 nitrogen and oxygen atoms in total. The number of carbonyl (C=O) groups is 2. The summed E-state index contributed by atoms with van der Waals surface area (Å²) >= 11 is 3.32. The van der Waals surface area contributed by atoms with Gasteiger partial charge >= 0.3 is 0 Å². The molecule has 0 saturated carbocycles. The summed E-state index contributed by atoms with van der Waals surface area (Å²) in [6.07, 6.45) is 3.89. The lowest BCUT2D eigenvalue weighted by Crippen LogP contribution is -2.43. The topological polar surface area (TPSA) is 77.9 Å². The van der Waals surface area contributed by atoms with Crippen LogP contribution in [0.4, 0.5) is 5.82 Å². The summed E-state index contributed by atoms with van der Waals surface area (Å²) in [5, 5.41) is 13.5. The molecule has 0 bridgehead atoms. The number of hydrogen-bond donors (Lipinski definition) is 1. The van der Waals surface area contributed by atoms with Crippen LogP contribution in [0.2, 0.25) is 0 Å². The summed E-state index contributed by atoms with van der Waals surface area (Å²) in [4.78, 5) is 34.6. The Balaban J connectivity index is 1.19. The van der Waals surface area contributed by atoms with Crippen molar-refractivity contribution in [3.05, 3.63) is 68.7 Å². The molecule has 1 saturated heterocycles. The van der Waals surface area contributed by atoms with E-state index >= 15 is 0 Å². The Bertz CT molecular complexity index is 1170. The van der Waals surface area contributed by atoms with Gasteiger partial charge in [0.05, 0.1) is 23.2 Å². The summed E-state index contributed by atoms with van der Waals surface area (Å²) in [7, 11) is 0. The molecule has 3 aromatic rings. The molecule has 34 heavy (non-hydrogen) atoms. The fourth-order valence-electron chi connectivity index (χ4n) is 4.48. The third kappa shape index (κ3) is 5.11. The second kappa shape index (κ2) is 10.2. The van der Waals surface area contributed by atoms with Crippen LogP contribution in [0.25, 0.3) is 0 Å². The second-order valence-corrected chi connectivity index (χ2v) is 10.7. The van der Waals surface area contributed by atoms with Crippen molar-refractivity contribution in [2.75, 3.05) is 25.0 Å². The highest BCUT2D eigenvalue weighted by molar-refractivity contribution is 7.12. The molecule has 0 aromatic carbocycles. The van der Waals surface area contributed by atoms with Crippen LogP contribution in [-0.4, -0.2) is 52.1 Å². The van der Waals surface area contributed by atoms with Gasteiger partial charge in [0.25, 0.3) is 5.91 Å². The van der Waals surface area contributed by atoms with E-state index in [2.05, 4.69) is 27.3 Å². The summed E-state index contributed by atoms with van der Waals surface area (Å²) < 4.78 is 0. The van der Waals surface area contributed by atoms with Gasteiger partial charge in [0.1, 0.15) is 5.82 Å². The lowest BCUT2D eigenvalue weighted by Gasteiger charge is -2.32. The molecular weight excluding hydrogens is 466 g/mol. The lowest BCUT2D eigenvalue weighted by molar-refractivity contribution is -0.134. The number of amides is 2. The maximum atomic E-state index is 13.3. The Kier molecular flexibility index (Phi) is 6.85. The normalized spacial score (nSPS) is 19.3. The zero-order valence-corrected chi connectivity index (χ0v) is 20.6. The molecule has 0 aliphatic carbocycles. The quantitative estimate of drug-likeness (QED) is 0.547. The maximum absolute atomic E-state index is 13.3. The van der Waals surface area contributed by atoms with E-state index < -0.39 is 0 Å². The molecule has 176 valence electrons. The number of nitrogens with one attached hydrogen (secondary N) is 1. The minimum absolute atomic E-state index is 0.00608. The summed E-state index contributed by atoms with van der Waals surface area (Å²) in [5.41, 5.74) is 2.04. The number of pyridine rings is 1. The average Bonchev–Trinajstić information content (AvgIpc) is 3.61. The predicted molar refractivity (Wildman–Crippen MR) is 136 cm³/mol. The first kappa shape index (κ1) is 22.9. The van der Waals surface area contributed by atoms with E-state index in [1.165, 1.54) is 0 Å². The van der Waals surface area contributed by atoms with E-state index in [0.29, 0.717) is 25.5 Å². The summed E-state index contributed by atoms with van der Waals surface area (Å²) in [5.74, 6) is 0.543. The number of likely N-dealkylation sites (tertiary alicyclic amines) is 1. The molecule has 2 aliphatic rings. The van der Waals surface area contributed by atoms with Crippen LogP contribution in [0.5, 0.6) is 0 Å². The first-order chi connectivity index (χ1) is 16.6. The van der Waals surface area contributed by atoms with E-state index in [9.17, 15) is 9.59 Å².